The summed E-state index contributed by atoms with van der Waals surface area (Å²) in [4.78, 5) is 11.3. The molecule has 1 atom stereocenters. The monoisotopic (exact) mass is 222 g/mol. The van der Waals surface area contributed by atoms with E-state index in [-0.39, 0.29) is 5.92 Å². The van der Waals surface area contributed by atoms with Gasteiger partial charge in [-0.1, -0.05) is 13.8 Å². The Bertz CT molecular complexity index is 396. The molecule has 0 saturated heterocycles. The van der Waals surface area contributed by atoms with Gasteiger partial charge in [-0.25, -0.2) is 0 Å². The summed E-state index contributed by atoms with van der Waals surface area (Å²) in [6.07, 6.45) is 5.00. The largest absolute Gasteiger partial charge is 0.481 e. The second kappa shape index (κ2) is 4.28. The molecule has 0 aliphatic carbocycles. The molecule has 1 unspecified atom stereocenters. The van der Waals surface area contributed by atoms with Crippen LogP contribution in [0.3, 0.4) is 0 Å². The van der Waals surface area contributed by atoms with Crippen LogP contribution >= 0.6 is 0 Å². The summed E-state index contributed by atoms with van der Waals surface area (Å²) in [7, 11) is 0. The first-order valence-corrected chi connectivity index (χ1v) is 5.88. The normalized spacial score (nSPS) is 17.2. The van der Waals surface area contributed by atoms with Gasteiger partial charge in [0.1, 0.15) is 0 Å². The van der Waals surface area contributed by atoms with Crippen LogP contribution in [0.1, 0.15) is 43.9 Å². The minimum absolute atomic E-state index is 0.105. The van der Waals surface area contributed by atoms with Gasteiger partial charge in [0.15, 0.2) is 0 Å². The molecule has 1 N–H and O–H groups in total. The number of hydrogen-bond donors (Lipinski definition) is 1. The highest BCUT2D eigenvalue weighted by atomic mass is 16.4. The van der Waals surface area contributed by atoms with Crippen molar-refractivity contribution in [3.63, 3.8) is 0 Å². The maximum absolute atomic E-state index is 11.3. The van der Waals surface area contributed by atoms with E-state index in [1.807, 2.05) is 18.5 Å². The molecule has 88 valence electrons. The number of carboxylic acids is 1. The Kier molecular flexibility index (Phi) is 2.99. The zero-order chi connectivity index (χ0) is 11.7. The van der Waals surface area contributed by atoms with Crippen LogP contribution in [0.5, 0.6) is 0 Å². The van der Waals surface area contributed by atoms with Gasteiger partial charge in [-0.3, -0.25) is 9.48 Å². The van der Waals surface area contributed by atoms with Gasteiger partial charge in [-0.05, 0) is 25.2 Å². The molecule has 0 fully saturated rings. The van der Waals surface area contributed by atoms with Crippen molar-refractivity contribution in [1.29, 1.82) is 0 Å². The third-order valence-corrected chi connectivity index (χ3v) is 3.28. The zero-order valence-corrected chi connectivity index (χ0v) is 9.81. The number of aryl methyl sites for hydroxylation is 1. The Morgan fingerprint density at radius 2 is 2.25 bits per heavy atom. The number of aromatic nitrogens is 2. The molecule has 0 saturated carbocycles. The van der Waals surface area contributed by atoms with E-state index in [1.54, 1.807) is 6.20 Å². The van der Waals surface area contributed by atoms with Crippen molar-refractivity contribution in [3.8, 4) is 0 Å². The van der Waals surface area contributed by atoms with Crippen molar-refractivity contribution in [1.82, 2.24) is 9.78 Å². The highest BCUT2D eigenvalue weighted by molar-refractivity contribution is 5.76. The summed E-state index contributed by atoms with van der Waals surface area (Å²) >= 11 is 0. The molecule has 1 aliphatic rings. The molecule has 2 heterocycles. The molecule has 1 aromatic rings. The van der Waals surface area contributed by atoms with Crippen molar-refractivity contribution in [2.75, 3.05) is 0 Å². The minimum Gasteiger partial charge on any atom is -0.481 e. The molecule has 2 rings (SSSR count). The summed E-state index contributed by atoms with van der Waals surface area (Å²) in [6.45, 7) is 4.83. The molecule has 0 amide bonds. The lowest BCUT2D eigenvalue weighted by molar-refractivity contribution is -0.139. The molecule has 0 aromatic carbocycles. The van der Waals surface area contributed by atoms with Crippen molar-refractivity contribution in [2.45, 2.75) is 45.6 Å². The number of rotatable bonds is 3. The van der Waals surface area contributed by atoms with Gasteiger partial charge in [0.25, 0.3) is 0 Å². The van der Waals surface area contributed by atoms with E-state index in [0.717, 1.165) is 37.1 Å². The van der Waals surface area contributed by atoms with E-state index in [0.29, 0.717) is 0 Å². The Hall–Kier alpha value is -1.32. The fourth-order valence-corrected chi connectivity index (χ4v) is 2.48. The van der Waals surface area contributed by atoms with Crippen LogP contribution in [0.2, 0.25) is 0 Å². The quantitative estimate of drug-likeness (QED) is 0.851. The highest BCUT2D eigenvalue weighted by Crippen LogP contribution is 2.30. The molecule has 0 spiro atoms. The molecule has 16 heavy (non-hydrogen) atoms. The van der Waals surface area contributed by atoms with Gasteiger partial charge in [0.2, 0.25) is 0 Å². The Morgan fingerprint density at radius 3 is 2.88 bits per heavy atom. The van der Waals surface area contributed by atoms with Gasteiger partial charge >= 0.3 is 5.97 Å². The Balaban J connectivity index is 2.38. The number of carboxylic acid groups (broad SMARTS) is 1. The maximum Gasteiger partial charge on any atom is 0.311 e. The molecule has 0 radical (unpaired) electrons. The van der Waals surface area contributed by atoms with Crippen LogP contribution in [0.15, 0.2) is 6.20 Å². The van der Waals surface area contributed by atoms with E-state index in [4.69, 9.17) is 0 Å². The number of carbonyl (C=O) groups is 1. The summed E-state index contributed by atoms with van der Waals surface area (Å²) in [5.74, 6) is -1.05. The Morgan fingerprint density at radius 1 is 1.50 bits per heavy atom. The summed E-state index contributed by atoms with van der Waals surface area (Å²) in [5.41, 5.74) is 2.05. The molecule has 0 bridgehead atoms. The van der Waals surface area contributed by atoms with E-state index in [9.17, 15) is 9.90 Å². The number of hydrogen-bond acceptors (Lipinski definition) is 2. The summed E-state index contributed by atoms with van der Waals surface area (Å²) < 4.78 is 1.97. The molecule has 4 heteroatoms. The second-order valence-corrected chi connectivity index (χ2v) is 4.79. The SMILES string of the molecule is CC(C)C(C(=O)O)c1cnn2c1CCCC2. The van der Waals surface area contributed by atoms with Gasteiger partial charge in [-0.2, -0.15) is 5.10 Å². The maximum atomic E-state index is 11.3. The molecular formula is C12H18N2O2. The number of fused-ring (bicyclic) bond motifs is 1. The molecular weight excluding hydrogens is 204 g/mol. The first-order chi connectivity index (χ1) is 7.61. The highest BCUT2D eigenvalue weighted by Gasteiger charge is 2.29. The third kappa shape index (κ3) is 1.84. The van der Waals surface area contributed by atoms with Crippen LogP contribution in [0, 0.1) is 5.92 Å². The standard InChI is InChI=1S/C12H18N2O2/c1-8(2)11(12(15)16)9-7-13-14-6-4-3-5-10(9)14/h7-8,11H,3-6H2,1-2H3,(H,15,16). The first-order valence-electron chi connectivity index (χ1n) is 5.88. The smallest absolute Gasteiger partial charge is 0.311 e. The van der Waals surface area contributed by atoms with Crippen LogP contribution in [0.25, 0.3) is 0 Å². The number of nitrogens with zero attached hydrogens (tertiary/aromatic N) is 2. The molecule has 4 nitrogen and oxygen atoms in total. The van der Waals surface area contributed by atoms with E-state index >= 15 is 0 Å². The summed E-state index contributed by atoms with van der Waals surface area (Å²) in [5, 5.41) is 13.6. The van der Waals surface area contributed by atoms with Gasteiger partial charge in [-0.15, -0.1) is 0 Å². The lowest BCUT2D eigenvalue weighted by Gasteiger charge is -2.20. The van der Waals surface area contributed by atoms with Crippen molar-refractivity contribution < 1.29 is 9.90 Å². The van der Waals surface area contributed by atoms with E-state index < -0.39 is 11.9 Å². The number of aliphatic carboxylic acids is 1. The van der Waals surface area contributed by atoms with Gasteiger partial charge in [0.05, 0.1) is 12.1 Å². The van der Waals surface area contributed by atoms with Crippen LogP contribution in [-0.4, -0.2) is 20.9 Å². The Labute approximate surface area is 95.3 Å². The second-order valence-electron chi connectivity index (χ2n) is 4.79. The van der Waals surface area contributed by atoms with Crippen LogP contribution in [-0.2, 0) is 17.8 Å². The molecule has 1 aliphatic heterocycles. The zero-order valence-electron chi connectivity index (χ0n) is 9.81. The van der Waals surface area contributed by atoms with Crippen molar-refractivity contribution in [3.05, 3.63) is 17.5 Å². The van der Waals surface area contributed by atoms with Crippen LogP contribution < -0.4 is 0 Å². The minimum atomic E-state index is -0.739. The average molecular weight is 222 g/mol. The van der Waals surface area contributed by atoms with E-state index in [2.05, 4.69) is 5.10 Å². The lowest BCUT2D eigenvalue weighted by atomic mass is 9.87. The first kappa shape index (κ1) is 11.2. The van der Waals surface area contributed by atoms with E-state index in [1.165, 1.54) is 0 Å². The lowest BCUT2D eigenvalue weighted by Crippen LogP contribution is -2.20. The van der Waals surface area contributed by atoms with Crippen molar-refractivity contribution >= 4 is 5.97 Å². The van der Waals surface area contributed by atoms with Crippen molar-refractivity contribution in [2.24, 2.45) is 5.92 Å². The third-order valence-electron chi connectivity index (χ3n) is 3.28. The predicted molar refractivity (Wildman–Crippen MR) is 60.4 cm³/mol. The topological polar surface area (TPSA) is 55.1 Å². The fourth-order valence-electron chi connectivity index (χ4n) is 2.48. The molecule has 1 aromatic heterocycles. The fraction of sp³-hybridized carbons (Fsp3) is 0.667. The predicted octanol–water partition coefficient (Wildman–Crippen LogP) is 2.04. The van der Waals surface area contributed by atoms with Crippen LogP contribution in [0.4, 0.5) is 0 Å². The van der Waals surface area contributed by atoms with Gasteiger partial charge < -0.3 is 5.11 Å². The average Bonchev–Trinajstić information content (AvgIpc) is 2.61. The summed E-state index contributed by atoms with van der Waals surface area (Å²) in [6, 6.07) is 0. The van der Waals surface area contributed by atoms with Gasteiger partial charge in [0, 0.05) is 17.8 Å².